The van der Waals surface area contributed by atoms with E-state index in [0.717, 1.165) is 24.6 Å². The fraction of sp³-hybridized carbons (Fsp3) is 0.750. The van der Waals surface area contributed by atoms with Crippen molar-refractivity contribution < 1.29 is 4.42 Å². The molecule has 0 aliphatic heterocycles. The largest absolute Gasteiger partial charge is 0.425 e. The van der Waals surface area contributed by atoms with E-state index in [1.165, 1.54) is 0 Å². The second kappa shape index (κ2) is 3.51. The fourth-order valence-electron chi connectivity index (χ4n) is 0.783. The van der Waals surface area contributed by atoms with E-state index in [9.17, 15) is 0 Å². The summed E-state index contributed by atoms with van der Waals surface area (Å²) in [7, 11) is 0. The number of aromatic nitrogens is 2. The van der Waals surface area contributed by atoms with Crippen LogP contribution in [-0.2, 0) is 6.42 Å². The van der Waals surface area contributed by atoms with Crippen LogP contribution in [0.1, 0.15) is 44.9 Å². The van der Waals surface area contributed by atoms with Crippen LogP contribution in [0.3, 0.4) is 0 Å². The van der Waals surface area contributed by atoms with Crippen molar-refractivity contribution in [1.29, 1.82) is 0 Å². The fourth-order valence-corrected chi connectivity index (χ4v) is 0.783. The predicted molar refractivity (Wildman–Crippen MR) is 42.4 cm³/mol. The van der Waals surface area contributed by atoms with E-state index < -0.39 is 0 Å². The van der Waals surface area contributed by atoms with Gasteiger partial charge in [0.1, 0.15) is 0 Å². The van der Waals surface area contributed by atoms with Gasteiger partial charge in [0, 0.05) is 12.3 Å². The van der Waals surface area contributed by atoms with Gasteiger partial charge in [0.05, 0.1) is 0 Å². The van der Waals surface area contributed by atoms with Crippen molar-refractivity contribution in [2.24, 2.45) is 0 Å². The maximum absolute atomic E-state index is 5.36. The Hall–Kier alpha value is -0.860. The highest BCUT2D eigenvalue weighted by Crippen LogP contribution is 2.16. The number of aryl methyl sites for hydroxylation is 1. The third-order valence-electron chi connectivity index (χ3n) is 1.82. The first-order valence-electron chi connectivity index (χ1n) is 4.10. The minimum atomic E-state index is 0.391. The van der Waals surface area contributed by atoms with Gasteiger partial charge < -0.3 is 4.42 Å². The Labute approximate surface area is 66.8 Å². The molecule has 0 aromatic carbocycles. The number of nitrogens with zero attached hydrogens (tertiary/aromatic N) is 2. The molecule has 0 N–H and O–H groups in total. The Morgan fingerprint density at radius 3 is 2.55 bits per heavy atom. The van der Waals surface area contributed by atoms with Crippen LogP contribution >= 0.6 is 0 Å². The van der Waals surface area contributed by atoms with E-state index >= 15 is 0 Å². The molecule has 1 unspecified atom stereocenters. The van der Waals surface area contributed by atoms with Crippen molar-refractivity contribution in [3.05, 3.63) is 11.8 Å². The second-order valence-corrected chi connectivity index (χ2v) is 2.70. The molecule has 1 rings (SSSR count). The lowest BCUT2D eigenvalue weighted by molar-refractivity contribution is 0.423. The summed E-state index contributed by atoms with van der Waals surface area (Å²) in [4.78, 5) is 0. The van der Waals surface area contributed by atoms with Crippen LogP contribution in [0.2, 0.25) is 0 Å². The number of rotatable bonds is 3. The molecular formula is C8H14N2O. The van der Waals surface area contributed by atoms with Gasteiger partial charge in [0.25, 0.3) is 0 Å². The quantitative estimate of drug-likeness (QED) is 0.669. The smallest absolute Gasteiger partial charge is 0.219 e. The normalized spacial score (nSPS) is 13.4. The van der Waals surface area contributed by atoms with Gasteiger partial charge >= 0.3 is 0 Å². The highest BCUT2D eigenvalue weighted by molar-refractivity contribution is 4.88. The molecule has 1 heterocycles. The van der Waals surface area contributed by atoms with Crippen LogP contribution in [0.5, 0.6) is 0 Å². The van der Waals surface area contributed by atoms with Crippen molar-refractivity contribution in [1.82, 2.24) is 10.2 Å². The molecule has 0 aliphatic rings. The maximum Gasteiger partial charge on any atom is 0.219 e. The Bertz CT molecular complexity index is 220. The summed E-state index contributed by atoms with van der Waals surface area (Å²) in [5.41, 5.74) is 0. The van der Waals surface area contributed by atoms with Crippen LogP contribution in [0, 0.1) is 0 Å². The standard InChI is InChI=1S/C8H14N2O/c1-4-6(3)8-10-9-7(5-2)11-8/h6H,4-5H2,1-3H3. The average Bonchev–Trinajstić information content (AvgIpc) is 2.50. The zero-order valence-electron chi connectivity index (χ0n) is 7.29. The Balaban J connectivity index is 2.71. The van der Waals surface area contributed by atoms with Gasteiger partial charge in [-0.25, -0.2) is 0 Å². The lowest BCUT2D eigenvalue weighted by atomic mass is 10.1. The summed E-state index contributed by atoms with van der Waals surface area (Å²) >= 11 is 0. The molecule has 62 valence electrons. The lowest BCUT2D eigenvalue weighted by Gasteiger charge is -1.98. The van der Waals surface area contributed by atoms with Gasteiger partial charge in [0.15, 0.2) is 0 Å². The van der Waals surface area contributed by atoms with Crippen LogP contribution in [0.15, 0.2) is 4.42 Å². The first kappa shape index (κ1) is 8.24. The molecule has 0 fully saturated rings. The molecule has 1 aromatic heterocycles. The molecule has 11 heavy (non-hydrogen) atoms. The Kier molecular flexibility index (Phi) is 2.63. The first-order chi connectivity index (χ1) is 5.27. The summed E-state index contributed by atoms with van der Waals surface area (Å²) in [6.07, 6.45) is 1.87. The van der Waals surface area contributed by atoms with Gasteiger partial charge in [-0.2, -0.15) is 0 Å². The number of hydrogen-bond acceptors (Lipinski definition) is 3. The van der Waals surface area contributed by atoms with Crippen LogP contribution in [0.25, 0.3) is 0 Å². The highest BCUT2D eigenvalue weighted by Gasteiger charge is 2.10. The summed E-state index contributed by atoms with van der Waals surface area (Å²) in [5, 5.41) is 7.83. The monoisotopic (exact) mass is 154 g/mol. The van der Waals surface area contributed by atoms with E-state index in [-0.39, 0.29) is 0 Å². The molecule has 3 nitrogen and oxygen atoms in total. The molecule has 0 aliphatic carbocycles. The maximum atomic E-state index is 5.36. The third kappa shape index (κ3) is 1.79. The van der Waals surface area contributed by atoms with E-state index in [1.807, 2.05) is 6.92 Å². The molecule has 0 spiro atoms. The summed E-state index contributed by atoms with van der Waals surface area (Å²) < 4.78 is 5.36. The molecule has 0 saturated heterocycles. The van der Waals surface area contributed by atoms with Crippen LogP contribution < -0.4 is 0 Å². The van der Waals surface area contributed by atoms with E-state index in [0.29, 0.717) is 5.92 Å². The zero-order valence-corrected chi connectivity index (χ0v) is 7.29. The van der Waals surface area contributed by atoms with E-state index in [1.54, 1.807) is 0 Å². The van der Waals surface area contributed by atoms with Crippen LogP contribution in [0.4, 0.5) is 0 Å². The van der Waals surface area contributed by atoms with Crippen molar-refractivity contribution in [3.8, 4) is 0 Å². The SMILES string of the molecule is CCc1nnc(C(C)CC)o1. The van der Waals surface area contributed by atoms with Crippen LogP contribution in [-0.4, -0.2) is 10.2 Å². The molecular weight excluding hydrogens is 140 g/mol. The van der Waals surface area contributed by atoms with E-state index in [2.05, 4.69) is 24.0 Å². The summed E-state index contributed by atoms with van der Waals surface area (Å²) in [6.45, 7) is 6.21. The number of hydrogen-bond donors (Lipinski definition) is 0. The second-order valence-electron chi connectivity index (χ2n) is 2.70. The molecule has 1 atom stereocenters. The van der Waals surface area contributed by atoms with Gasteiger partial charge in [-0.15, -0.1) is 10.2 Å². The first-order valence-corrected chi connectivity index (χ1v) is 4.10. The minimum absolute atomic E-state index is 0.391. The zero-order chi connectivity index (χ0) is 8.27. The van der Waals surface area contributed by atoms with Crippen molar-refractivity contribution in [2.75, 3.05) is 0 Å². The summed E-state index contributed by atoms with van der Waals surface area (Å²) in [6, 6.07) is 0. The molecule has 1 aromatic rings. The third-order valence-corrected chi connectivity index (χ3v) is 1.82. The summed E-state index contributed by atoms with van der Waals surface area (Å²) in [5.74, 6) is 1.90. The average molecular weight is 154 g/mol. The molecule has 3 heteroatoms. The topological polar surface area (TPSA) is 38.9 Å². The van der Waals surface area contributed by atoms with Gasteiger partial charge in [-0.05, 0) is 6.42 Å². The molecule has 0 bridgehead atoms. The van der Waals surface area contributed by atoms with Gasteiger partial charge in [-0.1, -0.05) is 20.8 Å². The molecule has 0 radical (unpaired) electrons. The Morgan fingerprint density at radius 1 is 1.36 bits per heavy atom. The van der Waals surface area contributed by atoms with E-state index in [4.69, 9.17) is 4.42 Å². The Morgan fingerprint density at radius 2 is 2.09 bits per heavy atom. The molecule has 0 amide bonds. The van der Waals surface area contributed by atoms with Gasteiger partial charge in [-0.3, -0.25) is 0 Å². The predicted octanol–water partition coefficient (Wildman–Crippen LogP) is 2.15. The van der Waals surface area contributed by atoms with Gasteiger partial charge in [0.2, 0.25) is 11.8 Å². The lowest BCUT2D eigenvalue weighted by Crippen LogP contribution is -1.90. The van der Waals surface area contributed by atoms with Crippen molar-refractivity contribution in [2.45, 2.75) is 39.5 Å². The molecule has 0 saturated carbocycles. The van der Waals surface area contributed by atoms with Crippen molar-refractivity contribution in [3.63, 3.8) is 0 Å². The highest BCUT2D eigenvalue weighted by atomic mass is 16.4. The van der Waals surface area contributed by atoms with Crippen molar-refractivity contribution >= 4 is 0 Å². The minimum Gasteiger partial charge on any atom is -0.425 e.